The summed E-state index contributed by atoms with van der Waals surface area (Å²) >= 11 is 0. The molecular formula is C15H21N5O2S. The van der Waals surface area contributed by atoms with Gasteiger partial charge in [-0.05, 0) is 37.3 Å². The Morgan fingerprint density at radius 1 is 1.26 bits per heavy atom. The van der Waals surface area contributed by atoms with Gasteiger partial charge in [0.15, 0.2) is 0 Å². The molecule has 2 aromatic rings. The van der Waals surface area contributed by atoms with Crippen molar-refractivity contribution in [1.29, 1.82) is 0 Å². The van der Waals surface area contributed by atoms with Gasteiger partial charge in [-0.2, -0.15) is 5.10 Å². The summed E-state index contributed by atoms with van der Waals surface area (Å²) in [5.74, 6) is 0.460. The first-order valence-corrected chi connectivity index (χ1v) is 9.53. The standard InChI is InChI=1S/C15H21N5O2S/c1-19-15(3-6-18-19)14-10-13(16-11-17-14)9-12-4-7-20(8-5-12)23(2,21)22/h3,6,10-12H,4-5,7-9H2,1-2H3. The molecule has 0 N–H and O–H groups in total. The van der Waals surface area contributed by atoms with Gasteiger partial charge in [-0.1, -0.05) is 0 Å². The van der Waals surface area contributed by atoms with Crippen molar-refractivity contribution in [3.05, 3.63) is 30.4 Å². The average molecular weight is 335 g/mol. The summed E-state index contributed by atoms with van der Waals surface area (Å²) in [6.07, 6.45) is 7.21. The van der Waals surface area contributed by atoms with E-state index < -0.39 is 10.0 Å². The predicted octanol–water partition coefficient (Wildman–Crippen LogP) is 1.09. The highest BCUT2D eigenvalue weighted by Gasteiger charge is 2.25. The average Bonchev–Trinajstić information content (AvgIpc) is 2.93. The maximum absolute atomic E-state index is 11.6. The van der Waals surface area contributed by atoms with Crippen LogP contribution in [-0.2, 0) is 23.5 Å². The highest BCUT2D eigenvalue weighted by molar-refractivity contribution is 7.88. The fourth-order valence-corrected chi connectivity index (χ4v) is 3.89. The largest absolute Gasteiger partial charge is 0.266 e. The second-order valence-corrected chi connectivity index (χ2v) is 8.03. The van der Waals surface area contributed by atoms with Crippen LogP contribution >= 0.6 is 0 Å². The smallest absolute Gasteiger partial charge is 0.211 e. The van der Waals surface area contributed by atoms with E-state index in [4.69, 9.17) is 0 Å². The molecule has 124 valence electrons. The van der Waals surface area contributed by atoms with Gasteiger partial charge >= 0.3 is 0 Å². The monoisotopic (exact) mass is 335 g/mol. The van der Waals surface area contributed by atoms with Gasteiger partial charge in [-0.25, -0.2) is 22.7 Å². The molecule has 8 heteroatoms. The second kappa shape index (κ2) is 6.37. The van der Waals surface area contributed by atoms with Crippen molar-refractivity contribution >= 4 is 10.0 Å². The van der Waals surface area contributed by atoms with Crippen LogP contribution in [0, 0.1) is 5.92 Å². The molecule has 0 amide bonds. The molecule has 1 aliphatic rings. The summed E-state index contributed by atoms with van der Waals surface area (Å²) in [7, 11) is -1.18. The predicted molar refractivity (Wildman–Crippen MR) is 87.1 cm³/mol. The lowest BCUT2D eigenvalue weighted by molar-refractivity contribution is 0.273. The van der Waals surface area contributed by atoms with Gasteiger partial charge in [0.05, 0.1) is 17.6 Å². The molecule has 0 spiro atoms. The molecule has 7 nitrogen and oxygen atoms in total. The molecule has 0 unspecified atom stereocenters. The number of sulfonamides is 1. The molecule has 0 aliphatic carbocycles. The molecule has 2 aromatic heterocycles. The Kier molecular flexibility index (Phi) is 4.45. The van der Waals surface area contributed by atoms with E-state index in [0.29, 0.717) is 19.0 Å². The highest BCUT2D eigenvalue weighted by atomic mass is 32.2. The highest BCUT2D eigenvalue weighted by Crippen LogP contribution is 2.23. The van der Waals surface area contributed by atoms with E-state index in [9.17, 15) is 8.42 Å². The molecule has 0 radical (unpaired) electrons. The van der Waals surface area contributed by atoms with Crippen molar-refractivity contribution in [1.82, 2.24) is 24.1 Å². The van der Waals surface area contributed by atoms with Crippen LogP contribution in [0.2, 0.25) is 0 Å². The van der Waals surface area contributed by atoms with Crippen molar-refractivity contribution in [2.75, 3.05) is 19.3 Å². The lowest BCUT2D eigenvalue weighted by Gasteiger charge is -2.30. The zero-order valence-electron chi connectivity index (χ0n) is 13.4. The summed E-state index contributed by atoms with van der Waals surface area (Å²) in [6.45, 7) is 1.20. The first kappa shape index (κ1) is 16.1. The van der Waals surface area contributed by atoms with Gasteiger partial charge < -0.3 is 0 Å². The Hall–Kier alpha value is -1.80. The van der Waals surface area contributed by atoms with Crippen LogP contribution in [0.3, 0.4) is 0 Å². The van der Waals surface area contributed by atoms with E-state index >= 15 is 0 Å². The maximum atomic E-state index is 11.6. The lowest BCUT2D eigenvalue weighted by atomic mass is 9.93. The molecule has 0 atom stereocenters. The zero-order valence-corrected chi connectivity index (χ0v) is 14.2. The lowest BCUT2D eigenvalue weighted by Crippen LogP contribution is -2.38. The molecule has 23 heavy (non-hydrogen) atoms. The molecule has 3 heterocycles. The number of nitrogens with zero attached hydrogens (tertiary/aromatic N) is 5. The van der Waals surface area contributed by atoms with E-state index in [1.54, 1.807) is 21.5 Å². The summed E-state index contributed by atoms with van der Waals surface area (Å²) in [5.41, 5.74) is 2.82. The molecule has 3 rings (SSSR count). The third kappa shape index (κ3) is 3.76. The first-order valence-electron chi connectivity index (χ1n) is 7.68. The van der Waals surface area contributed by atoms with E-state index in [-0.39, 0.29) is 0 Å². The Morgan fingerprint density at radius 3 is 2.61 bits per heavy atom. The van der Waals surface area contributed by atoms with Gasteiger partial charge in [0.1, 0.15) is 6.33 Å². The quantitative estimate of drug-likeness (QED) is 0.835. The molecule has 0 saturated carbocycles. The van der Waals surface area contributed by atoms with Crippen molar-refractivity contribution in [3.63, 3.8) is 0 Å². The van der Waals surface area contributed by atoms with Gasteiger partial charge in [0.2, 0.25) is 10.0 Å². The molecule has 1 fully saturated rings. The van der Waals surface area contributed by atoms with Crippen LogP contribution in [-0.4, -0.2) is 51.8 Å². The minimum atomic E-state index is -3.07. The fourth-order valence-electron chi connectivity index (χ4n) is 3.02. The van der Waals surface area contributed by atoms with Crippen LogP contribution in [0.1, 0.15) is 18.5 Å². The SMILES string of the molecule is Cn1nccc1-c1cc(CC2CCN(S(C)(=O)=O)CC2)ncn1. The van der Waals surface area contributed by atoms with E-state index in [2.05, 4.69) is 15.1 Å². The van der Waals surface area contributed by atoms with Crippen LogP contribution in [0.4, 0.5) is 0 Å². The second-order valence-electron chi connectivity index (χ2n) is 6.04. The number of rotatable bonds is 4. The van der Waals surface area contributed by atoms with Crippen LogP contribution < -0.4 is 0 Å². The minimum absolute atomic E-state index is 0.460. The normalized spacial score (nSPS) is 17.5. The van der Waals surface area contributed by atoms with E-state index in [0.717, 1.165) is 36.3 Å². The molecular weight excluding hydrogens is 314 g/mol. The Bertz CT molecular complexity index is 779. The summed E-state index contributed by atoms with van der Waals surface area (Å²) in [4.78, 5) is 8.69. The summed E-state index contributed by atoms with van der Waals surface area (Å²) < 4.78 is 26.5. The van der Waals surface area contributed by atoms with Crippen LogP contribution in [0.15, 0.2) is 24.7 Å². The topological polar surface area (TPSA) is 81.0 Å². The Labute approximate surface area is 136 Å². The number of hydrogen-bond donors (Lipinski definition) is 0. The Balaban J connectivity index is 1.67. The number of aromatic nitrogens is 4. The molecule has 1 saturated heterocycles. The van der Waals surface area contributed by atoms with Gasteiger partial charge in [0, 0.05) is 32.0 Å². The van der Waals surface area contributed by atoms with Crippen molar-refractivity contribution in [3.8, 4) is 11.4 Å². The molecule has 0 aromatic carbocycles. The van der Waals surface area contributed by atoms with Gasteiger partial charge in [0.25, 0.3) is 0 Å². The zero-order chi connectivity index (χ0) is 16.4. The third-order valence-corrected chi connectivity index (χ3v) is 5.65. The number of piperidine rings is 1. The fraction of sp³-hybridized carbons (Fsp3) is 0.533. The minimum Gasteiger partial charge on any atom is -0.266 e. The van der Waals surface area contributed by atoms with E-state index in [1.165, 1.54) is 6.26 Å². The summed E-state index contributed by atoms with van der Waals surface area (Å²) in [5, 5.41) is 4.16. The van der Waals surface area contributed by atoms with Crippen molar-refractivity contribution < 1.29 is 8.42 Å². The first-order chi connectivity index (χ1) is 10.9. The third-order valence-electron chi connectivity index (χ3n) is 4.35. The maximum Gasteiger partial charge on any atom is 0.211 e. The number of hydrogen-bond acceptors (Lipinski definition) is 5. The van der Waals surface area contributed by atoms with Crippen molar-refractivity contribution in [2.24, 2.45) is 13.0 Å². The molecule has 1 aliphatic heterocycles. The van der Waals surface area contributed by atoms with Crippen molar-refractivity contribution in [2.45, 2.75) is 19.3 Å². The number of aryl methyl sites for hydroxylation is 1. The van der Waals surface area contributed by atoms with Gasteiger partial charge in [-0.15, -0.1) is 0 Å². The van der Waals surface area contributed by atoms with Crippen LogP contribution in [0.5, 0.6) is 0 Å². The Morgan fingerprint density at radius 2 is 2.00 bits per heavy atom. The summed E-state index contributed by atoms with van der Waals surface area (Å²) in [6, 6.07) is 3.93. The molecule has 0 bridgehead atoms. The van der Waals surface area contributed by atoms with E-state index in [1.807, 2.05) is 19.2 Å². The van der Waals surface area contributed by atoms with Crippen LogP contribution in [0.25, 0.3) is 11.4 Å². The van der Waals surface area contributed by atoms with Gasteiger partial charge in [-0.3, -0.25) is 4.68 Å².